The van der Waals surface area contributed by atoms with Crippen LogP contribution in [0.5, 0.6) is 5.75 Å². The van der Waals surface area contributed by atoms with Gasteiger partial charge < -0.3 is 14.2 Å². The highest BCUT2D eigenvalue weighted by molar-refractivity contribution is 7.99. The third-order valence-electron chi connectivity index (χ3n) is 5.61. The summed E-state index contributed by atoms with van der Waals surface area (Å²) in [4.78, 5) is 15.0. The molecule has 3 rings (SSSR count). The Bertz CT molecular complexity index is 813. The molecule has 0 spiro atoms. The predicted octanol–water partition coefficient (Wildman–Crippen LogP) is 4.88. The van der Waals surface area contributed by atoms with Crippen LogP contribution in [-0.2, 0) is 11.3 Å². The molecule has 0 unspecified atom stereocenters. The highest BCUT2D eigenvalue weighted by atomic mass is 32.2. The van der Waals surface area contributed by atoms with Crippen LogP contribution in [0, 0.1) is 5.92 Å². The van der Waals surface area contributed by atoms with E-state index in [4.69, 9.17) is 4.74 Å². The molecule has 6 nitrogen and oxygen atoms in total. The maximum Gasteiger partial charge on any atom is 0.233 e. The van der Waals surface area contributed by atoms with Gasteiger partial charge in [0, 0.05) is 24.7 Å². The SMILES string of the molecule is CCN(C(=O)CSc1nnc(-c2ccc(OC)cc2)n1CC(C)C)C1CCCCC1. The van der Waals surface area contributed by atoms with Gasteiger partial charge >= 0.3 is 0 Å². The molecule has 0 saturated heterocycles. The Kier molecular flexibility index (Phi) is 8.19. The van der Waals surface area contributed by atoms with Gasteiger partial charge in [0.05, 0.1) is 12.9 Å². The number of nitrogens with zero attached hydrogens (tertiary/aromatic N) is 4. The average Bonchev–Trinajstić information content (AvgIpc) is 3.15. The highest BCUT2D eigenvalue weighted by Crippen LogP contribution is 2.28. The number of carbonyl (C=O) groups is 1. The van der Waals surface area contributed by atoms with Crippen molar-refractivity contribution in [1.29, 1.82) is 0 Å². The lowest BCUT2D eigenvalue weighted by Gasteiger charge is -2.33. The first kappa shape index (κ1) is 22.7. The van der Waals surface area contributed by atoms with E-state index in [1.807, 2.05) is 24.3 Å². The van der Waals surface area contributed by atoms with E-state index in [9.17, 15) is 4.79 Å². The number of methoxy groups -OCH3 is 1. The molecule has 30 heavy (non-hydrogen) atoms. The van der Waals surface area contributed by atoms with Gasteiger partial charge in [0.25, 0.3) is 0 Å². The van der Waals surface area contributed by atoms with Gasteiger partial charge in [-0.3, -0.25) is 4.79 Å². The summed E-state index contributed by atoms with van der Waals surface area (Å²) >= 11 is 1.50. The Morgan fingerprint density at radius 1 is 1.20 bits per heavy atom. The molecular weight excluding hydrogens is 396 g/mol. The van der Waals surface area contributed by atoms with E-state index in [1.165, 1.54) is 31.0 Å². The number of carbonyl (C=O) groups excluding carboxylic acids is 1. The van der Waals surface area contributed by atoms with Crippen molar-refractivity contribution in [2.75, 3.05) is 19.4 Å². The molecule has 0 radical (unpaired) electrons. The van der Waals surface area contributed by atoms with Crippen LogP contribution in [-0.4, -0.2) is 51.0 Å². The minimum absolute atomic E-state index is 0.208. The first-order chi connectivity index (χ1) is 14.5. The van der Waals surface area contributed by atoms with Crippen LogP contribution in [0.4, 0.5) is 0 Å². The molecule has 1 fully saturated rings. The first-order valence-electron chi connectivity index (χ1n) is 11.0. The molecule has 1 aliphatic rings. The molecule has 1 aromatic heterocycles. The molecule has 1 aliphatic carbocycles. The van der Waals surface area contributed by atoms with Gasteiger partial charge in [-0.2, -0.15) is 0 Å². The molecule has 7 heteroatoms. The molecule has 1 saturated carbocycles. The Morgan fingerprint density at radius 2 is 1.90 bits per heavy atom. The molecule has 1 aromatic carbocycles. The monoisotopic (exact) mass is 430 g/mol. The number of ether oxygens (including phenoxy) is 1. The maximum atomic E-state index is 13.0. The zero-order valence-electron chi connectivity index (χ0n) is 18.6. The zero-order chi connectivity index (χ0) is 21.5. The van der Waals surface area contributed by atoms with Crippen LogP contribution in [0.15, 0.2) is 29.4 Å². The van der Waals surface area contributed by atoms with Crippen molar-refractivity contribution in [1.82, 2.24) is 19.7 Å². The maximum absolute atomic E-state index is 13.0. The van der Waals surface area contributed by atoms with Crippen LogP contribution < -0.4 is 4.74 Å². The van der Waals surface area contributed by atoms with Crippen molar-refractivity contribution in [2.45, 2.75) is 70.6 Å². The second-order valence-corrected chi connectivity index (χ2v) is 9.24. The van der Waals surface area contributed by atoms with Gasteiger partial charge in [-0.1, -0.05) is 44.9 Å². The number of aromatic nitrogens is 3. The van der Waals surface area contributed by atoms with Gasteiger partial charge in [0.1, 0.15) is 5.75 Å². The van der Waals surface area contributed by atoms with Crippen molar-refractivity contribution in [3.05, 3.63) is 24.3 Å². The minimum atomic E-state index is 0.208. The lowest BCUT2D eigenvalue weighted by molar-refractivity contribution is -0.131. The summed E-state index contributed by atoms with van der Waals surface area (Å²) in [6, 6.07) is 8.27. The van der Waals surface area contributed by atoms with Crippen molar-refractivity contribution in [3.8, 4) is 17.1 Å². The van der Waals surface area contributed by atoms with Gasteiger partial charge in [-0.05, 0) is 49.9 Å². The molecule has 0 N–H and O–H groups in total. The second kappa shape index (κ2) is 10.8. The summed E-state index contributed by atoms with van der Waals surface area (Å²) in [6.07, 6.45) is 6.03. The van der Waals surface area contributed by atoms with Crippen LogP contribution in [0.1, 0.15) is 52.9 Å². The number of hydrogen-bond acceptors (Lipinski definition) is 5. The van der Waals surface area contributed by atoms with Gasteiger partial charge in [0.2, 0.25) is 5.91 Å². The summed E-state index contributed by atoms with van der Waals surface area (Å²) < 4.78 is 7.40. The topological polar surface area (TPSA) is 60.3 Å². The van der Waals surface area contributed by atoms with E-state index in [2.05, 4.69) is 40.4 Å². The van der Waals surface area contributed by atoms with E-state index >= 15 is 0 Å². The summed E-state index contributed by atoms with van der Waals surface area (Å²) in [5, 5.41) is 9.69. The Balaban J connectivity index is 1.74. The molecule has 0 aliphatic heterocycles. The third kappa shape index (κ3) is 5.56. The van der Waals surface area contributed by atoms with Crippen molar-refractivity contribution >= 4 is 17.7 Å². The van der Waals surface area contributed by atoms with E-state index in [0.717, 1.165) is 48.2 Å². The lowest BCUT2D eigenvalue weighted by Crippen LogP contribution is -2.42. The fraction of sp³-hybridized carbons (Fsp3) is 0.609. The largest absolute Gasteiger partial charge is 0.497 e. The van der Waals surface area contributed by atoms with Crippen LogP contribution in [0.25, 0.3) is 11.4 Å². The van der Waals surface area contributed by atoms with Crippen LogP contribution in [0.2, 0.25) is 0 Å². The van der Waals surface area contributed by atoms with Crippen molar-refractivity contribution in [3.63, 3.8) is 0 Å². The summed E-state index contributed by atoms with van der Waals surface area (Å²) in [5.74, 6) is 2.71. The highest BCUT2D eigenvalue weighted by Gasteiger charge is 2.25. The van der Waals surface area contributed by atoms with E-state index in [-0.39, 0.29) is 5.91 Å². The average molecular weight is 431 g/mol. The quantitative estimate of drug-likeness (QED) is 0.531. The fourth-order valence-electron chi connectivity index (χ4n) is 4.12. The molecule has 1 amide bonds. The second-order valence-electron chi connectivity index (χ2n) is 8.30. The minimum Gasteiger partial charge on any atom is -0.497 e. The molecule has 0 bridgehead atoms. The summed E-state index contributed by atoms with van der Waals surface area (Å²) in [6.45, 7) is 8.03. The Hall–Kier alpha value is -2.02. The third-order valence-corrected chi connectivity index (χ3v) is 6.57. The number of benzene rings is 1. The van der Waals surface area contributed by atoms with Crippen LogP contribution in [0.3, 0.4) is 0 Å². The number of rotatable bonds is 9. The summed E-state index contributed by atoms with van der Waals surface area (Å²) in [5.41, 5.74) is 1.000. The smallest absolute Gasteiger partial charge is 0.233 e. The van der Waals surface area contributed by atoms with Crippen LogP contribution >= 0.6 is 11.8 Å². The van der Waals surface area contributed by atoms with E-state index in [1.54, 1.807) is 7.11 Å². The molecule has 164 valence electrons. The van der Waals surface area contributed by atoms with Crippen molar-refractivity contribution in [2.24, 2.45) is 5.92 Å². The predicted molar refractivity (Wildman–Crippen MR) is 122 cm³/mol. The van der Waals surface area contributed by atoms with E-state index in [0.29, 0.717) is 17.7 Å². The lowest BCUT2D eigenvalue weighted by atomic mass is 9.94. The zero-order valence-corrected chi connectivity index (χ0v) is 19.5. The van der Waals surface area contributed by atoms with Gasteiger partial charge in [0.15, 0.2) is 11.0 Å². The first-order valence-corrected chi connectivity index (χ1v) is 12.0. The molecule has 0 atom stereocenters. The molecule has 1 heterocycles. The Labute approximate surface area is 184 Å². The fourth-order valence-corrected chi connectivity index (χ4v) is 4.95. The normalized spacial score (nSPS) is 14.8. The van der Waals surface area contributed by atoms with Crippen molar-refractivity contribution < 1.29 is 9.53 Å². The van der Waals surface area contributed by atoms with Gasteiger partial charge in [-0.15, -0.1) is 10.2 Å². The number of amides is 1. The molecular formula is C23H34N4O2S. The standard InChI is InChI=1S/C23H34N4O2S/c1-5-26(19-9-7-6-8-10-19)21(28)16-30-23-25-24-22(27(23)15-17(2)3)18-11-13-20(29-4)14-12-18/h11-14,17,19H,5-10,15-16H2,1-4H3. The Morgan fingerprint density at radius 3 is 2.50 bits per heavy atom. The number of hydrogen-bond donors (Lipinski definition) is 0. The van der Waals surface area contributed by atoms with E-state index < -0.39 is 0 Å². The number of thioether (sulfide) groups is 1. The van der Waals surface area contributed by atoms with Gasteiger partial charge in [-0.25, -0.2) is 0 Å². The summed E-state index contributed by atoms with van der Waals surface area (Å²) in [7, 11) is 1.66. The molecule has 2 aromatic rings.